The van der Waals surface area contributed by atoms with E-state index in [0.29, 0.717) is 17.1 Å². The molecule has 1 atom stereocenters. The van der Waals surface area contributed by atoms with Crippen LogP contribution >= 0.6 is 0 Å². The van der Waals surface area contributed by atoms with E-state index in [-0.39, 0.29) is 18.7 Å². The molecule has 0 spiro atoms. The zero-order valence-electron chi connectivity index (χ0n) is 13.0. The number of carbonyl (C=O) groups excluding carboxylic acids is 1. The van der Waals surface area contributed by atoms with Crippen LogP contribution in [0.25, 0.3) is 0 Å². The average Bonchev–Trinajstić information content (AvgIpc) is 2.50. The Labute approximate surface area is 129 Å². The average molecular weight is 307 g/mol. The summed E-state index contributed by atoms with van der Waals surface area (Å²) in [5, 5.41) is 11.6. The van der Waals surface area contributed by atoms with E-state index in [4.69, 9.17) is 14.6 Å². The molecule has 6 nitrogen and oxygen atoms in total. The molecule has 1 aromatic carbocycles. The normalized spacial score (nSPS) is 12.0. The van der Waals surface area contributed by atoms with Gasteiger partial charge < -0.3 is 19.9 Å². The predicted octanol–water partition coefficient (Wildman–Crippen LogP) is 1.78. The van der Waals surface area contributed by atoms with E-state index in [1.54, 1.807) is 37.3 Å². The van der Waals surface area contributed by atoms with Crippen molar-refractivity contribution in [3.8, 4) is 11.5 Å². The molecule has 0 saturated carbocycles. The highest BCUT2D eigenvalue weighted by atomic mass is 16.5. The molecule has 0 aliphatic heterocycles. The molecular weight excluding hydrogens is 286 g/mol. The fraction of sp³-hybridized carbons (Fsp3) is 0.375. The van der Waals surface area contributed by atoms with Crippen LogP contribution in [0.5, 0.6) is 11.5 Å². The van der Waals surface area contributed by atoms with Crippen LogP contribution in [0.15, 0.2) is 30.4 Å². The first-order valence-corrected chi connectivity index (χ1v) is 6.86. The number of hydrogen-bond acceptors (Lipinski definition) is 4. The van der Waals surface area contributed by atoms with Gasteiger partial charge in [0.15, 0.2) is 0 Å². The number of allylic oxidation sites excluding steroid dienone is 1. The summed E-state index contributed by atoms with van der Waals surface area (Å²) >= 11 is 0. The zero-order valence-corrected chi connectivity index (χ0v) is 13.0. The van der Waals surface area contributed by atoms with Gasteiger partial charge in [0.05, 0.1) is 20.6 Å². The van der Waals surface area contributed by atoms with Gasteiger partial charge in [0.1, 0.15) is 17.5 Å². The minimum Gasteiger partial charge on any atom is -0.497 e. The van der Waals surface area contributed by atoms with Gasteiger partial charge in [-0.1, -0.05) is 12.2 Å². The molecule has 1 rings (SSSR count). The Morgan fingerprint density at radius 3 is 2.59 bits per heavy atom. The SMILES string of the molecule is C/C=C/CC(NC(=O)Cc1cc(OC)ccc1OC)C(=O)O. The predicted molar refractivity (Wildman–Crippen MR) is 82.2 cm³/mol. The van der Waals surface area contributed by atoms with Crippen molar-refractivity contribution in [1.29, 1.82) is 0 Å². The van der Waals surface area contributed by atoms with E-state index in [9.17, 15) is 9.59 Å². The third-order valence-corrected chi connectivity index (χ3v) is 3.08. The molecule has 0 saturated heterocycles. The molecule has 1 aromatic rings. The third-order valence-electron chi connectivity index (χ3n) is 3.08. The van der Waals surface area contributed by atoms with Gasteiger partial charge in [0.25, 0.3) is 0 Å². The maximum atomic E-state index is 12.1. The van der Waals surface area contributed by atoms with Crippen LogP contribution in [-0.2, 0) is 16.0 Å². The number of carboxylic acid groups (broad SMARTS) is 1. The van der Waals surface area contributed by atoms with E-state index < -0.39 is 12.0 Å². The maximum absolute atomic E-state index is 12.1. The summed E-state index contributed by atoms with van der Waals surface area (Å²) in [6, 6.07) is 4.18. The Bertz CT molecular complexity index is 553. The number of methoxy groups -OCH3 is 2. The topological polar surface area (TPSA) is 84.9 Å². The van der Waals surface area contributed by atoms with Crippen molar-refractivity contribution in [1.82, 2.24) is 5.32 Å². The van der Waals surface area contributed by atoms with Gasteiger partial charge in [-0.3, -0.25) is 4.79 Å². The number of benzene rings is 1. The lowest BCUT2D eigenvalue weighted by molar-refractivity contribution is -0.141. The molecule has 0 radical (unpaired) electrons. The molecule has 0 aliphatic carbocycles. The molecule has 1 unspecified atom stereocenters. The second-order valence-electron chi connectivity index (χ2n) is 4.62. The fourth-order valence-corrected chi connectivity index (χ4v) is 1.93. The summed E-state index contributed by atoms with van der Waals surface area (Å²) in [5.74, 6) is -0.295. The van der Waals surface area contributed by atoms with Crippen molar-refractivity contribution in [3.05, 3.63) is 35.9 Å². The second-order valence-corrected chi connectivity index (χ2v) is 4.62. The Hall–Kier alpha value is -2.50. The number of hydrogen-bond donors (Lipinski definition) is 2. The summed E-state index contributed by atoms with van der Waals surface area (Å²) in [7, 11) is 3.04. The Morgan fingerprint density at radius 1 is 1.32 bits per heavy atom. The standard InChI is InChI=1S/C16H21NO5/c1-4-5-6-13(16(19)20)17-15(18)10-11-9-12(21-2)7-8-14(11)22-3/h4-5,7-9,13H,6,10H2,1-3H3,(H,17,18)(H,19,20)/b5-4+. The molecule has 0 aromatic heterocycles. The van der Waals surface area contributed by atoms with Crippen LogP contribution in [0.1, 0.15) is 18.9 Å². The lowest BCUT2D eigenvalue weighted by Crippen LogP contribution is -2.41. The molecule has 0 aliphatic rings. The van der Waals surface area contributed by atoms with Crippen LogP contribution in [0.4, 0.5) is 0 Å². The van der Waals surface area contributed by atoms with Crippen LogP contribution in [0, 0.1) is 0 Å². The lowest BCUT2D eigenvalue weighted by atomic mass is 10.1. The molecule has 0 bridgehead atoms. The van der Waals surface area contributed by atoms with E-state index in [1.165, 1.54) is 14.2 Å². The van der Waals surface area contributed by atoms with Gasteiger partial charge in [-0.15, -0.1) is 0 Å². The van der Waals surface area contributed by atoms with Crippen LogP contribution in [0.2, 0.25) is 0 Å². The molecule has 6 heteroatoms. The maximum Gasteiger partial charge on any atom is 0.326 e. The molecular formula is C16H21NO5. The van der Waals surface area contributed by atoms with Crippen molar-refractivity contribution < 1.29 is 24.2 Å². The highest BCUT2D eigenvalue weighted by Crippen LogP contribution is 2.24. The third kappa shape index (κ3) is 5.12. The van der Waals surface area contributed by atoms with Gasteiger partial charge >= 0.3 is 5.97 Å². The number of rotatable bonds is 8. The summed E-state index contributed by atoms with van der Waals surface area (Å²) < 4.78 is 10.3. The molecule has 0 heterocycles. The molecule has 1 amide bonds. The van der Waals surface area contributed by atoms with E-state index >= 15 is 0 Å². The Balaban J connectivity index is 2.80. The highest BCUT2D eigenvalue weighted by Gasteiger charge is 2.19. The number of carboxylic acids is 1. The minimum absolute atomic E-state index is 0.0139. The minimum atomic E-state index is -1.07. The summed E-state index contributed by atoms with van der Waals surface area (Å²) in [6.45, 7) is 1.79. The van der Waals surface area contributed by atoms with E-state index in [2.05, 4.69) is 5.32 Å². The van der Waals surface area contributed by atoms with E-state index in [0.717, 1.165) is 0 Å². The van der Waals surface area contributed by atoms with Crippen molar-refractivity contribution >= 4 is 11.9 Å². The van der Waals surface area contributed by atoms with Crippen molar-refractivity contribution in [2.75, 3.05) is 14.2 Å². The summed E-state index contributed by atoms with van der Waals surface area (Å²) in [4.78, 5) is 23.2. The lowest BCUT2D eigenvalue weighted by Gasteiger charge is -2.14. The summed E-state index contributed by atoms with van der Waals surface area (Å²) in [6.07, 6.45) is 3.70. The molecule has 120 valence electrons. The first-order valence-electron chi connectivity index (χ1n) is 6.86. The molecule has 2 N–H and O–H groups in total. The van der Waals surface area contributed by atoms with Gasteiger partial charge in [-0.2, -0.15) is 0 Å². The summed E-state index contributed by atoms with van der Waals surface area (Å²) in [5.41, 5.74) is 0.634. The largest absolute Gasteiger partial charge is 0.497 e. The number of ether oxygens (including phenoxy) is 2. The van der Waals surface area contributed by atoms with Crippen LogP contribution in [0.3, 0.4) is 0 Å². The van der Waals surface area contributed by atoms with Gasteiger partial charge in [0.2, 0.25) is 5.91 Å². The molecule has 0 fully saturated rings. The fourth-order valence-electron chi connectivity index (χ4n) is 1.93. The number of nitrogens with one attached hydrogen (secondary N) is 1. The van der Waals surface area contributed by atoms with Gasteiger partial charge in [0, 0.05) is 5.56 Å². The van der Waals surface area contributed by atoms with Crippen molar-refractivity contribution in [2.24, 2.45) is 0 Å². The quantitative estimate of drug-likeness (QED) is 0.715. The van der Waals surface area contributed by atoms with Crippen LogP contribution < -0.4 is 14.8 Å². The number of carbonyl (C=O) groups is 2. The smallest absolute Gasteiger partial charge is 0.326 e. The monoisotopic (exact) mass is 307 g/mol. The van der Waals surface area contributed by atoms with Gasteiger partial charge in [-0.25, -0.2) is 4.79 Å². The highest BCUT2D eigenvalue weighted by molar-refractivity contribution is 5.85. The first kappa shape index (κ1) is 17.6. The number of aliphatic carboxylic acids is 1. The van der Waals surface area contributed by atoms with Crippen LogP contribution in [-0.4, -0.2) is 37.2 Å². The number of amides is 1. The zero-order chi connectivity index (χ0) is 16.5. The Kier molecular flexibility index (Phi) is 6.95. The second kappa shape index (κ2) is 8.71. The molecule has 22 heavy (non-hydrogen) atoms. The van der Waals surface area contributed by atoms with Crippen molar-refractivity contribution in [2.45, 2.75) is 25.8 Å². The first-order chi connectivity index (χ1) is 10.5. The van der Waals surface area contributed by atoms with Gasteiger partial charge in [-0.05, 0) is 31.5 Å². The van der Waals surface area contributed by atoms with Crippen molar-refractivity contribution in [3.63, 3.8) is 0 Å². The van der Waals surface area contributed by atoms with E-state index in [1.807, 2.05) is 0 Å². The Morgan fingerprint density at radius 2 is 2.05 bits per heavy atom.